The predicted molar refractivity (Wildman–Crippen MR) is 90.0 cm³/mol. The Labute approximate surface area is 134 Å². The van der Waals surface area contributed by atoms with E-state index in [1.807, 2.05) is 12.1 Å². The maximum atomic E-state index is 12.7. The molecule has 0 spiro atoms. The summed E-state index contributed by atoms with van der Waals surface area (Å²) in [5.41, 5.74) is 6.91. The number of hydrogen-bond acceptors (Lipinski definition) is 5. The Morgan fingerprint density at radius 3 is 2.70 bits per heavy atom. The molecule has 23 heavy (non-hydrogen) atoms. The molecule has 2 aromatic carbocycles. The van der Waals surface area contributed by atoms with E-state index in [2.05, 4.69) is 9.71 Å². The van der Waals surface area contributed by atoms with Gasteiger partial charge in [-0.2, -0.15) is 0 Å². The minimum atomic E-state index is -3.86. The van der Waals surface area contributed by atoms with Crippen LogP contribution in [-0.2, 0) is 10.0 Å². The van der Waals surface area contributed by atoms with Crippen LogP contribution in [0.4, 0.5) is 11.4 Å². The van der Waals surface area contributed by atoms with E-state index in [0.717, 1.165) is 5.39 Å². The lowest BCUT2D eigenvalue weighted by molar-refractivity contribution is 0.413. The van der Waals surface area contributed by atoms with Crippen molar-refractivity contribution < 1.29 is 13.2 Å². The van der Waals surface area contributed by atoms with Crippen LogP contribution in [0.1, 0.15) is 0 Å². The number of benzene rings is 2. The Morgan fingerprint density at radius 2 is 1.91 bits per heavy atom. The van der Waals surface area contributed by atoms with Gasteiger partial charge in [0.15, 0.2) is 0 Å². The van der Waals surface area contributed by atoms with E-state index in [4.69, 9.17) is 10.5 Å². The van der Waals surface area contributed by atoms with Crippen molar-refractivity contribution in [3.63, 3.8) is 0 Å². The number of sulfonamides is 1. The average molecular weight is 329 g/mol. The molecule has 3 rings (SSSR count). The van der Waals surface area contributed by atoms with Crippen molar-refractivity contribution in [3.05, 3.63) is 54.7 Å². The van der Waals surface area contributed by atoms with E-state index in [-0.39, 0.29) is 10.6 Å². The van der Waals surface area contributed by atoms with Gasteiger partial charge in [-0.3, -0.25) is 9.71 Å². The van der Waals surface area contributed by atoms with Crippen LogP contribution >= 0.6 is 0 Å². The Balaban J connectivity index is 2.07. The fourth-order valence-corrected chi connectivity index (χ4v) is 3.47. The number of nitrogen functional groups attached to an aromatic ring is 1. The number of ether oxygens (including phenoxy) is 1. The zero-order valence-electron chi connectivity index (χ0n) is 12.4. The number of fused-ring (bicyclic) bond motifs is 1. The van der Waals surface area contributed by atoms with Crippen LogP contribution in [0.25, 0.3) is 10.9 Å². The lowest BCUT2D eigenvalue weighted by atomic mass is 10.2. The molecule has 118 valence electrons. The smallest absolute Gasteiger partial charge is 0.264 e. The van der Waals surface area contributed by atoms with Gasteiger partial charge in [0, 0.05) is 17.6 Å². The van der Waals surface area contributed by atoms with Crippen molar-refractivity contribution in [2.24, 2.45) is 0 Å². The molecule has 0 unspecified atom stereocenters. The molecule has 6 nitrogen and oxygen atoms in total. The largest absolute Gasteiger partial charge is 0.497 e. The summed E-state index contributed by atoms with van der Waals surface area (Å²) < 4.78 is 32.9. The Hall–Kier alpha value is -2.80. The van der Waals surface area contributed by atoms with Crippen LogP contribution in [-0.4, -0.2) is 20.5 Å². The molecule has 0 aliphatic heterocycles. The fourth-order valence-electron chi connectivity index (χ4n) is 2.26. The highest BCUT2D eigenvalue weighted by Gasteiger charge is 2.19. The molecule has 0 aliphatic carbocycles. The molecule has 0 aliphatic rings. The van der Waals surface area contributed by atoms with Crippen molar-refractivity contribution in [2.45, 2.75) is 4.90 Å². The zero-order chi connectivity index (χ0) is 16.4. The molecule has 0 fully saturated rings. The molecule has 1 aromatic heterocycles. The maximum Gasteiger partial charge on any atom is 0.264 e. The van der Waals surface area contributed by atoms with Gasteiger partial charge in [0.25, 0.3) is 10.0 Å². The minimum Gasteiger partial charge on any atom is -0.497 e. The average Bonchev–Trinajstić information content (AvgIpc) is 2.55. The molecule has 0 radical (unpaired) electrons. The molecule has 0 saturated carbocycles. The normalized spacial score (nSPS) is 11.3. The molecular formula is C16H15N3O3S. The van der Waals surface area contributed by atoms with Crippen LogP contribution in [0.5, 0.6) is 5.75 Å². The molecular weight excluding hydrogens is 314 g/mol. The van der Waals surface area contributed by atoms with Crippen LogP contribution in [0, 0.1) is 0 Å². The summed E-state index contributed by atoms with van der Waals surface area (Å²) in [6, 6.07) is 13.4. The molecule has 7 heteroatoms. The van der Waals surface area contributed by atoms with Gasteiger partial charge in [0.2, 0.25) is 0 Å². The number of aromatic nitrogens is 1. The first kappa shape index (κ1) is 15.1. The number of pyridine rings is 1. The van der Waals surface area contributed by atoms with Gasteiger partial charge in [-0.15, -0.1) is 0 Å². The summed E-state index contributed by atoms with van der Waals surface area (Å²) in [6.45, 7) is 0. The number of rotatable bonds is 4. The number of nitrogens with two attached hydrogens (primary N) is 1. The summed E-state index contributed by atoms with van der Waals surface area (Å²) in [5.74, 6) is 0.413. The second-order valence-corrected chi connectivity index (χ2v) is 6.54. The zero-order valence-corrected chi connectivity index (χ0v) is 13.2. The Morgan fingerprint density at radius 1 is 1.13 bits per heavy atom. The summed E-state index contributed by atoms with van der Waals surface area (Å²) in [6.07, 6.45) is 1.61. The highest BCUT2D eigenvalue weighted by atomic mass is 32.2. The standard InChI is InChI=1S/C16H15N3O3S/c1-22-12-7-8-13(17)15(10-12)23(20,21)19-14-6-2-4-11-5-3-9-18-16(11)14/h2-10,19H,17H2,1H3. The van der Waals surface area contributed by atoms with Gasteiger partial charge < -0.3 is 10.5 Å². The monoisotopic (exact) mass is 329 g/mol. The number of nitrogens with one attached hydrogen (secondary N) is 1. The third kappa shape index (κ3) is 2.91. The van der Waals surface area contributed by atoms with E-state index >= 15 is 0 Å². The summed E-state index contributed by atoms with van der Waals surface area (Å²) in [5, 5.41) is 0.839. The van der Waals surface area contributed by atoms with E-state index in [0.29, 0.717) is 17.0 Å². The minimum absolute atomic E-state index is 0.0372. The molecule has 3 N–H and O–H groups in total. The number of nitrogens with zero attached hydrogens (tertiary/aromatic N) is 1. The first-order valence-corrected chi connectivity index (χ1v) is 8.29. The van der Waals surface area contributed by atoms with E-state index in [9.17, 15) is 8.42 Å². The van der Waals surface area contributed by atoms with E-state index in [1.54, 1.807) is 30.5 Å². The van der Waals surface area contributed by atoms with E-state index in [1.165, 1.54) is 19.2 Å². The van der Waals surface area contributed by atoms with Gasteiger partial charge in [-0.1, -0.05) is 18.2 Å². The summed E-state index contributed by atoms with van der Waals surface area (Å²) in [7, 11) is -2.40. The predicted octanol–water partition coefficient (Wildman–Crippen LogP) is 2.63. The van der Waals surface area contributed by atoms with Crippen molar-refractivity contribution in [1.29, 1.82) is 0 Å². The highest BCUT2D eigenvalue weighted by Crippen LogP contribution is 2.28. The molecule has 0 atom stereocenters. The van der Waals surface area contributed by atoms with Crippen LogP contribution in [0.15, 0.2) is 59.6 Å². The number of anilines is 2. The molecule has 0 amide bonds. The van der Waals surface area contributed by atoms with Crippen LogP contribution in [0.2, 0.25) is 0 Å². The number of hydrogen-bond donors (Lipinski definition) is 2. The van der Waals surface area contributed by atoms with Gasteiger partial charge >= 0.3 is 0 Å². The fraction of sp³-hybridized carbons (Fsp3) is 0.0625. The highest BCUT2D eigenvalue weighted by molar-refractivity contribution is 7.93. The third-order valence-electron chi connectivity index (χ3n) is 3.39. The van der Waals surface area contributed by atoms with Gasteiger partial charge in [-0.05, 0) is 24.3 Å². The van der Waals surface area contributed by atoms with Crippen molar-refractivity contribution in [1.82, 2.24) is 4.98 Å². The first-order valence-electron chi connectivity index (χ1n) is 6.81. The SMILES string of the molecule is COc1ccc(N)c(S(=O)(=O)Nc2cccc3cccnc23)c1. The Bertz CT molecular complexity index is 966. The topological polar surface area (TPSA) is 94.3 Å². The van der Waals surface area contributed by atoms with Gasteiger partial charge in [0.1, 0.15) is 10.6 Å². The summed E-state index contributed by atoms with van der Waals surface area (Å²) >= 11 is 0. The van der Waals surface area contributed by atoms with Gasteiger partial charge in [0.05, 0.1) is 24.0 Å². The number of para-hydroxylation sites is 1. The Kier molecular flexibility index (Phi) is 3.79. The van der Waals surface area contributed by atoms with Crippen molar-refractivity contribution >= 4 is 32.3 Å². The second-order valence-electron chi connectivity index (χ2n) is 4.89. The molecule has 0 saturated heterocycles. The molecule has 1 heterocycles. The summed E-state index contributed by atoms with van der Waals surface area (Å²) in [4.78, 5) is 4.20. The maximum absolute atomic E-state index is 12.7. The molecule has 3 aromatic rings. The quantitative estimate of drug-likeness (QED) is 0.718. The van der Waals surface area contributed by atoms with Crippen LogP contribution in [0.3, 0.4) is 0 Å². The van der Waals surface area contributed by atoms with Crippen molar-refractivity contribution in [2.75, 3.05) is 17.6 Å². The van der Waals surface area contributed by atoms with E-state index < -0.39 is 10.0 Å². The lowest BCUT2D eigenvalue weighted by Gasteiger charge is -2.12. The number of methoxy groups -OCH3 is 1. The second kappa shape index (κ2) is 5.77. The third-order valence-corrected chi connectivity index (χ3v) is 4.81. The van der Waals surface area contributed by atoms with Crippen LogP contribution < -0.4 is 15.2 Å². The first-order chi connectivity index (χ1) is 11.0. The van der Waals surface area contributed by atoms with Crippen molar-refractivity contribution in [3.8, 4) is 5.75 Å². The van der Waals surface area contributed by atoms with Gasteiger partial charge in [-0.25, -0.2) is 8.42 Å². The lowest BCUT2D eigenvalue weighted by Crippen LogP contribution is -2.15. The molecule has 0 bridgehead atoms.